The zero-order chi connectivity index (χ0) is 23.2. The number of rotatable bonds is 10. The van der Waals surface area contributed by atoms with Gasteiger partial charge in [-0.2, -0.15) is 0 Å². The van der Waals surface area contributed by atoms with E-state index in [1.807, 2.05) is 28.8 Å². The van der Waals surface area contributed by atoms with Crippen molar-refractivity contribution in [2.24, 2.45) is 0 Å². The van der Waals surface area contributed by atoms with Gasteiger partial charge < -0.3 is 15.4 Å². The van der Waals surface area contributed by atoms with Crippen LogP contribution in [-0.2, 0) is 9.59 Å². The largest absolute Gasteiger partial charge is 0.492 e. The van der Waals surface area contributed by atoms with E-state index >= 15 is 0 Å². The lowest BCUT2D eigenvalue weighted by molar-refractivity contribution is -0.118. The Bertz CT molecular complexity index is 1130. The summed E-state index contributed by atoms with van der Waals surface area (Å²) < 4.78 is 7.57. The SMILES string of the molecule is CC(=O)Nc1cccc(-n2c(SCC(=O)NCCOc3ccc(Cl)cc3)nnc2C2CC2)c1. The smallest absolute Gasteiger partial charge is 0.230 e. The molecule has 1 heterocycles. The van der Waals surface area contributed by atoms with Crippen LogP contribution in [0.25, 0.3) is 5.69 Å². The van der Waals surface area contributed by atoms with Crippen molar-refractivity contribution in [3.05, 3.63) is 59.4 Å². The lowest BCUT2D eigenvalue weighted by Gasteiger charge is -2.12. The molecule has 2 aromatic carbocycles. The van der Waals surface area contributed by atoms with Gasteiger partial charge in [0.05, 0.1) is 18.0 Å². The Hall–Kier alpha value is -3.04. The number of halogens is 1. The van der Waals surface area contributed by atoms with Crippen molar-refractivity contribution >= 4 is 40.9 Å². The molecule has 0 unspecified atom stereocenters. The molecule has 1 saturated carbocycles. The predicted octanol–water partition coefficient (Wildman–Crippen LogP) is 4.04. The summed E-state index contributed by atoms with van der Waals surface area (Å²) in [6.45, 7) is 2.22. The van der Waals surface area contributed by atoms with Crippen LogP contribution >= 0.6 is 23.4 Å². The minimum atomic E-state index is -0.135. The maximum Gasteiger partial charge on any atom is 0.230 e. The number of anilines is 1. The molecule has 0 atom stereocenters. The topological polar surface area (TPSA) is 98.1 Å². The molecule has 2 amide bonds. The number of thioether (sulfide) groups is 1. The van der Waals surface area contributed by atoms with Crippen molar-refractivity contribution in [2.75, 3.05) is 24.2 Å². The molecule has 3 aromatic rings. The Morgan fingerprint density at radius 2 is 1.97 bits per heavy atom. The van der Waals surface area contributed by atoms with E-state index in [9.17, 15) is 9.59 Å². The standard InChI is InChI=1S/C23H24ClN5O3S/c1-15(30)26-18-3-2-4-19(13-18)29-22(16-5-6-16)27-28-23(29)33-14-21(31)25-11-12-32-20-9-7-17(24)8-10-20/h2-4,7-10,13,16H,5-6,11-12,14H2,1H3,(H,25,31)(H,26,30). The third kappa shape index (κ3) is 6.49. The molecule has 1 fully saturated rings. The zero-order valence-electron chi connectivity index (χ0n) is 18.1. The number of hydrogen-bond donors (Lipinski definition) is 2. The first kappa shape index (κ1) is 23.1. The van der Waals surface area contributed by atoms with Gasteiger partial charge in [0.25, 0.3) is 0 Å². The number of ether oxygens (including phenoxy) is 1. The maximum absolute atomic E-state index is 12.3. The summed E-state index contributed by atoms with van der Waals surface area (Å²) in [6.07, 6.45) is 2.14. The van der Waals surface area contributed by atoms with E-state index in [2.05, 4.69) is 20.8 Å². The zero-order valence-corrected chi connectivity index (χ0v) is 19.7. The highest BCUT2D eigenvalue weighted by molar-refractivity contribution is 7.99. The van der Waals surface area contributed by atoms with Gasteiger partial charge in [0.2, 0.25) is 11.8 Å². The number of carbonyl (C=O) groups excluding carboxylic acids is 2. The molecule has 0 bridgehead atoms. The Kier molecular flexibility index (Phi) is 7.51. The Labute approximate surface area is 201 Å². The first-order chi connectivity index (χ1) is 16.0. The van der Waals surface area contributed by atoms with Crippen LogP contribution in [0.5, 0.6) is 5.75 Å². The fraction of sp³-hybridized carbons (Fsp3) is 0.304. The summed E-state index contributed by atoms with van der Waals surface area (Å²) >= 11 is 7.18. The third-order valence-electron chi connectivity index (χ3n) is 4.86. The molecular formula is C23H24ClN5O3S. The Morgan fingerprint density at radius 3 is 2.70 bits per heavy atom. The van der Waals surface area contributed by atoms with Crippen molar-refractivity contribution in [1.82, 2.24) is 20.1 Å². The molecule has 0 radical (unpaired) electrons. The monoisotopic (exact) mass is 485 g/mol. The minimum Gasteiger partial charge on any atom is -0.492 e. The van der Waals surface area contributed by atoms with Crippen molar-refractivity contribution in [3.63, 3.8) is 0 Å². The first-order valence-corrected chi connectivity index (χ1v) is 12.0. The van der Waals surface area contributed by atoms with Crippen LogP contribution in [0.3, 0.4) is 0 Å². The maximum atomic E-state index is 12.3. The van der Waals surface area contributed by atoms with Gasteiger partial charge in [-0.05, 0) is 55.3 Å². The number of benzene rings is 2. The number of nitrogens with zero attached hydrogens (tertiary/aromatic N) is 3. The second kappa shape index (κ2) is 10.7. The summed E-state index contributed by atoms with van der Waals surface area (Å²) in [6, 6.07) is 14.6. The predicted molar refractivity (Wildman–Crippen MR) is 128 cm³/mol. The van der Waals surface area contributed by atoms with E-state index in [4.69, 9.17) is 16.3 Å². The summed E-state index contributed by atoms with van der Waals surface area (Å²) in [5.74, 6) is 1.91. The van der Waals surface area contributed by atoms with Gasteiger partial charge in [0, 0.05) is 23.6 Å². The number of hydrogen-bond acceptors (Lipinski definition) is 6. The molecule has 8 nitrogen and oxygen atoms in total. The van der Waals surface area contributed by atoms with Crippen molar-refractivity contribution < 1.29 is 14.3 Å². The Balaban J connectivity index is 1.35. The van der Waals surface area contributed by atoms with Crippen LogP contribution in [0.1, 0.15) is 31.5 Å². The van der Waals surface area contributed by atoms with Gasteiger partial charge in [0.15, 0.2) is 5.16 Å². The fourth-order valence-electron chi connectivity index (χ4n) is 3.22. The molecule has 0 aliphatic heterocycles. The van der Waals surface area contributed by atoms with Crippen molar-refractivity contribution in [2.45, 2.75) is 30.8 Å². The quantitative estimate of drug-likeness (QED) is 0.332. The molecule has 1 aliphatic carbocycles. The number of carbonyl (C=O) groups is 2. The lowest BCUT2D eigenvalue weighted by atomic mass is 10.2. The number of aromatic nitrogens is 3. The molecule has 1 aliphatic rings. The van der Waals surface area contributed by atoms with Gasteiger partial charge in [-0.1, -0.05) is 29.4 Å². The number of nitrogens with one attached hydrogen (secondary N) is 2. The first-order valence-electron chi connectivity index (χ1n) is 10.6. The van der Waals surface area contributed by atoms with Crippen LogP contribution in [0.15, 0.2) is 53.7 Å². The summed E-state index contributed by atoms with van der Waals surface area (Å²) in [5.41, 5.74) is 1.55. The molecule has 0 saturated heterocycles. The second-order valence-electron chi connectivity index (χ2n) is 7.62. The number of amides is 2. The van der Waals surface area contributed by atoms with Crippen molar-refractivity contribution in [3.8, 4) is 11.4 Å². The van der Waals surface area contributed by atoms with Crippen LogP contribution in [0, 0.1) is 0 Å². The summed E-state index contributed by atoms with van der Waals surface area (Å²) in [5, 5.41) is 15.7. The van der Waals surface area contributed by atoms with Gasteiger partial charge in [0.1, 0.15) is 18.2 Å². The van der Waals surface area contributed by atoms with E-state index in [0.29, 0.717) is 40.7 Å². The van der Waals surface area contributed by atoms with Crippen LogP contribution in [0.4, 0.5) is 5.69 Å². The Morgan fingerprint density at radius 1 is 1.18 bits per heavy atom. The highest BCUT2D eigenvalue weighted by Crippen LogP contribution is 2.41. The third-order valence-corrected chi connectivity index (χ3v) is 6.05. The van der Waals surface area contributed by atoms with Gasteiger partial charge in [-0.3, -0.25) is 14.2 Å². The van der Waals surface area contributed by atoms with Crippen LogP contribution in [-0.4, -0.2) is 45.5 Å². The molecule has 172 valence electrons. The molecule has 0 spiro atoms. The van der Waals surface area contributed by atoms with Gasteiger partial charge in [-0.15, -0.1) is 10.2 Å². The van der Waals surface area contributed by atoms with E-state index in [-0.39, 0.29) is 17.6 Å². The molecule has 33 heavy (non-hydrogen) atoms. The molecule has 10 heteroatoms. The van der Waals surface area contributed by atoms with E-state index in [1.54, 1.807) is 24.3 Å². The van der Waals surface area contributed by atoms with E-state index in [1.165, 1.54) is 18.7 Å². The highest BCUT2D eigenvalue weighted by atomic mass is 35.5. The molecular weight excluding hydrogens is 462 g/mol. The highest BCUT2D eigenvalue weighted by Gasteiger charge is 2.31. The average Bonchev–Trinajstić information content (AvgIpc) is 3.55. The van der Waals surface area contributed by atoms with Gasteiger partial charge in [-0.25, -0.2) is 0 Å². The van der Waals surface area contributed by atoms with E-state index in [0.717, 1.165) is 24.4 Å². The average molecular weight is 486 g/mol. The lowest BCUT2D eigenvalue weighted by Crippen LogP contribution is -2.29. The summed E-state index contributed by atoms with van der Waals surface area (Å²) in [4.78, 5) is 23.8. The molecule has 4 rings (SSSR count). The van der Waals surface area contributed by atoms with E-state index < -0.39 is 0 Å². The molecule has 2 N–H and O–H groups in total. The van der Waals surface area contributed by atoms with Crippen LogP contribution in [0.2, 0.25) is 5.02 Å². The van der Waals surface area contributed by atoms with Crippen LogP contribution < -0.4 is 15.4 Å². The summed E-state index contributed by atoms with van der Waals surface area (Å²) in [7, 11) is 0. The fourth-order valence-corrected chi connectivity index (χ4v) is 4.14. The van der Waals surface area contributed by atoms with Gasteiger partial charge >= 0.3 is 0 Å². The minimum absolute atomic E-state index is 0.116. The molecule has 1 aromatic heterocycles. The van der Waals surface area contributed by atoms with Crippen molar-refractivity contribution in [1.29, 1.82) is 0 Å². The normalized spacial score (nSPS) is 12.9. The second-order valence-corrected chi connectivity index (χ2v) is 9.00.